The Morgan fingerprint density at radius 1 is 1.33 bits per heavy atom. The summed E-state index contributed by atoms with van der Waals surface area (Å²) in [5.41, 5.74) is 5.68. The van der Waals surface area contributed by atoms with Gasteiger partial charge in [-0.2, -0.15) is 0 Å². The van der Waals surface area contributed by atoms with E-state index in [1.807, 2.05) is 0 Å². The Balaban J connectivity index is 1.68. The average molecular weight is 268 g/mol. The van der Waals surface area contributed by atoms with Gasteiger partial charge in [0.15, 0.2) is 5.82 Å². The van der Waals surface area contributed by atoms with Gasteiger partial charge in [0, 0.05) is 18.6 Å². The van der Waals surface area contributed by atoms with Crippen LogP contribution in [0.25, 0.3) is 0 Å². The molecule has 0 spiro atoms. The first-order chi connectivity index (χ1) is 8.74. The molecule has 3 heterocycles. The zero-order valence-corrected chi connectivity index (χ0v) is 11.0. The molecule has 2 atom stereocenters. The van der Waals surface area contributed by atoms with Gasteiger partial charge in [-0.15, -0.1) is 0 Å². The Morgan fingerprint density at radius 2 is 2.22 bits per heavy atom. The standard InChI is InChI=1S/C12H18ClN5/c13-10-11(14)15-7-16-12(10)17-8-3-5-18-4-1-2-9(18)6-8/h7-9H,1-6H2,(H3,14,15,16,17). The third-order valence-electron chi connectivity index (χ3n) is 3.98. The van der Waals surface area contributed by atoms with Gasteiger partial charge in [0.1, 0.15) is 17.2 Å². The number of hydrogen-bond donors (Lipinski definition) is 2. The smallest absolute Gasteiger partial charge is 0.150 e. The summed E-state index contributed by atoms with van der Waals surface area (Å²) in [5, 5.41) is 3.85. The first-order valence-electron chi connectivity index (χ1n) is 6.50. The molecule has 2 aliphatic heterocycles. The van der Waals surface area contributed by atoms with Gasteiger partial charge in [-0.25, -0.2) is 9.97 Å². The fraction of sp³-hybridized carbons (Fsp3) is 0.667. The topological polar surface area (TPSA) is 67.1 Å². The molecule has 0 amide bonds. The van der Waals surface area contributed by atoms with Crippen molar-refractivity contribution in [3.8, 4) is 0 Å². The Labute approximate surface area is 112 Å². The van der Waals surface area contributed by atoms with Crippen molar-refractivity contribution in [2.75, 3.05) is 24.1 Å². The molecule has 2 unspecified atom stereocenters. The summed E-state index contributed by atoms with van der Waals surface area (Å²) in [7, 11) is 0. The van der Waals surface area contributed by atoms with Crippen LogP contribution < -0.4 is 11.1 Å². The van der Waals surface area contributed by atoms with E-state index in [1.54, 1.807) is 0 Å². The van der Waals surface area contributed by atoms with Gasteiger partial charge in [-0.05, 0) is 32.2 Å². The highest BCUT2D eigenvalue weighted by molar-refractivity contribution is 6.35. The molecule has 2 fully saturated rings. The van der Waals surface area contributed by atoms with E-state index in [0.29, 0.717) is 22.7 Å². The summed E-state index contributed by atoms with van der Waals surface area (Å²) < 4.78 is 0. The zero-order chi connectivity index (χ0) is 12.5. The number of rotatable bonds is 2. The second-order valence-corrected chi connectivity index (χ2v) is 5.50. The van der Waals surface area contributed by atoms with Crippen molar-refractivity contribution in [2.24, 2.45) is 0 Å². The number of fused-ring (bicyclic) bond motifs is 1. The maximum absolute atomic E-state index is 6.10. The fourth-order valence-electron chi connectivity index (χ4n) is 3.03. The fourth-order valence-corrected chi connectivity index (χ4v) is 3.19. The van der Waals surface area contributed by atoms with Crippen molar-refractivity contribution < 1.29 is 0 Å². The van der Waals surface area contributed by atoms with E-state index in [0.717, 1.165) is 12.5 Å². The summed E-state index contributed by atoms with van der Waals surface area (Å²) in [6, 6.07) is 1.17. The summed E-state index contributed by atoms with van der Waals surface area (Å²) in [4.78, 5) is 10.6. The second-order valence-electron chi connectivity index (χ2n) is 5.12. The number of nitrogen functional groups attached to an aromatic ring is 1. The first kappa shape index (κ1) is 12.0. The van der Waals surface area contributed by atoms with Crippen molar-refractivity contribution in [2.45, 2.75) is 37.8 Å². The molecule has 3 rings (SSSR count). The predicted octanol–water partition coefficient (Wildman–Crippen LogP) is 1.75. The quantitative estimate of drug-likeness (QED) is 0.855. The van der Waals surface area contributed by atoms with Crippen LogP contribution in [0.4, 0.5) is 11.6 Å². The lowest BCUT2D eigenvalue weighted by molar-refractivity contribution is 0.188. The molecule has 3 N–H and O–H groups in total. The molecule has 0 aromatic carbocycles. The van der Waals surface area contributed by atoms with Crippen LogP contribution in [0, 0.1) is 0 Å². The maximum atomic E-state index is 6.10. The van der Waals surface area contributed by atoms with E-state index >= 15 is 0 Å². The van der Waals surface area contributed by atoms with Gasteiger partial charge >= 0.3 is 0 Å². The van der Waals surface area contributed by atoms with Gasteiger partial charge < -0.3 is 16.0 Å². The number of anilines is 2. The van der Waals surface area contributed by atoms with E-state index in [2.05, 4.69) is 20.2 Å². The van der Waals surface area contributed by atoms with Gasteiger partial charge in [0.2, 0.25) is 0 Å². The molecule has 0 radical (unpaired) electrons. The SMILES string of the molecule is Nc1ncnc(NC2CCN3CCCC3C2)c1Cl. The van der Waals surface area contributed by atoms with Crippen LogP contribution in [-0.2, 0) is 0 Å². The lowest BCUT2D eigenvalue weighted by atomic mass is 9.97. The molecule has 2 saturated heterocycles. The number of hydrogen-bond acceptors (Lipinski definition) is 5. The Morgan fingerprint density at radius 3 is 3.11 bits per heavy atom. The normalized spacial score (nSPS) is 28.1. The van der Waals surface area contributed by atoms with E-state index in [9.17, 15) is 0 Å². The Bertz CT molecular complexity index is 438. The number of aromatic nitrogens is 2. The van der Waals surface area contributed by atoms with Gasteiger partial charge in [-0.1, -0.05) is 11.6 Å². The molecule has 6 heteroatoms. The molecule has 1 aromatic rings. The predicted molar refractivity (Wildman–Crippen MR) is 72.7 cm³/mol. The number of halogens is 1. The van der Waals surface area contributed by atoms with E-state index < -0.39 is 0 Å². The maximum Gasteiger partial charge on any atom is 0.150 e. The minimum absolute atomic E-state index is 0.340. The number of nitrogens with zero attached hydrogens (tertiary/aromatic N) is 3. The van der Waals surface area contributed by atoms with Crippen LogP contribution in [0.5, 0.6) is 0 Å². The lowest BCUT2D eigenvalue weighted by Gasteiger charge is -2.35. The molecular formula is C12H18ClN5. The van der Waals surface area contributed by atoms with Gasteiger partial charge in [-0.3, -0.25) is 0 Å². The minimum atomic E-state index is 0.340. The van der Waals surface area contributed by atoms with Crippen molar-refractivity contribution in [1.82, 2.24) is 14.9 Å². The van der Waals surface area contributed by atoms with Crippen molar-refractivity contribution >= 4 is 23.2 Å². The van der Waals surface area contributed by atoms with Crippen molar-refractivity contribution in [1.29, 1.82) is 0 Å². The number of nitrogens with two attached hydrogens (primary N) is 1. The molecular weight excluding hydrogens is 250 g/mol. The summed E-state index contributed by atoms with van der Waals surface area (Å²) in [6.07, 6.45) is 6.40. The highest BCUT2D eigenvalue weighted by atomic mass is 35.5. The van der Waals surface area contributed by atoms with Crippen LogP contribution in [0.2, 0.25) is 5.02 Å². The third-order valence-corrected chi connectivity index (χ3v) is 4.35. The first-order valence-corrected chi connectivity index (χ1v) is 6.88. The van der Waals surface area contributed by atoms with Crippen LogP contribution in [0.15, 0.2) is 6.33 Å². The number of piperidine rings is 1. The molecule has 5 nitrogen and oxygen atoms in total. The highest BCUT2D eigenvalue weighted by Crippen LogP contribution is 2.30. The molecule has 2 aliphatic rings. The van der Waals surface area contributed by atoms with E-state index in [4.69, 9.17) is 17.3 Å². The van der Waals surface area contributed by atoms with Crippen LogP contribution >= 0.6 is 11.6 Å². The Hall–Kier alpha value is -1.07. The molecule has 0 bridgehead atoms. The highest BCUT2D eigenvalue weighted by Gasteiger charge is 2.31. The van der Waals surface area contributed by atoms with E-state index in [1.165, 1.54) is 38.7 Å². The molecule has 98 valence electrons. The molecule has 0 saturated carbocycles. The van der Waals surface area contributed by atoms with Crippen molar-refractivity contribution in [3.63, 3.8) is 0 Å². The lowest BCUT2D eigenvalue weighted by Crippen LogP contribution is -2.42. The summed E-state index contributed by atoms with van der Waals surface area (Å²) >= 11 is 6.10. The van der Waals surface area contributed by atoms with Crippen molar-refractivity contribution in [3.05, 3.63) is 11.3 Å². The minimum Gasteiger partial charge on any atom is -0.382 e. The second kappa shape index (κ2) is 4.90. The van der Waals surface area contributed by atoms with Crippen LogP contribution in [0.3, 0.4) is 0 Å². The van der Waals surface area contributed by atoms with Gasteiger partial charge in [0.05, 0.1) is 0 Å². The largest absolute Gasteiger partial charge is 0.382 e. The molecule has 1 aromatic heterocycles. The average Bonchev–Trinajstić information content (AvgIpc) is 2.82. The van der Waals surface area contributed by atoms with Crippen LogP contribution in [0.1, 0.15) is 25.7 Å². The third kappa shape index (κ3) is 2.24. The summed E-state index contributed by atoms with van der Waals surface area (Å²) in [6.45, 7) is 2.43. The molecule has 18 heavy (non-hydrogen) atoms. The monoisotopic (exact) mass is 267 g/mol. The zero-order valence-electron chi connectivity index (χ0n) is 10.3. The van der Waals surface area contributed by atoms with Crippen LogP contribution in [-0.4, -0.2) is 40.0 Å². The van der Waals surface area contributed by atoms with E-state index in [-0.39, 0.29) is 0 Å². The van der Waals surface area contributed by atoms with Gasteiger partial charge in [0.25, 0.3) is 0 Å². The number of nitrogens with one attached hydrogen (secondary N) is 1. The Kier molecular flexibility index (Phi) is 3.26. The summed E-state index contributed by atoms with van der Waals surface area (Å²) in [5.74, 6) is 1.01. The molecule has 0 aliphatic carbocycles.